The highest BCUT2D eigenvalue weighted by atomic mass is 16.5. The molecule has 0 aliphatic carbocycles. The summed E-state index contributed by atoms with van der Waals surface area (Å²) in [6.45, 7) is 9.11. The van der Waals surface area contributed by atoms with Crippen molar-refractivity contribution in [2.24, 2.45) is 11.8 Å². The molecular formula is C15H28N2O3. The van der Waals surface area contributed by atoms with E-state index in [-0.39, 0.29) is 17.7 Å². The van der Waals surface area contributed by atoms with Crippen molar-refractivity contribution in [2.75, 3.05) is 32.8 Å². The van der Waals surface area contributed by atoms with Crippen LogP contribution in [0.25, 0.3) is 0 Å². The second kappa shape index (κ2) is 8.95. The number of nitrogens with one attached hydrogen (secondary N) is 1. The van der Waals surface area contributed by atoms with Gasteiger partial charge in [0.1, 0.15) is 0 Å². The van der Waals surface area contributed by atoms with Crippen LogP contribution in [-0.4, -0.2) is 49.6 Å². The second-order valence-electron chi connectivity index (χ2n) is 5.87. The first kappa shape index (κ1) is 17.0. The molecule has 1 fully saturated rings. The number of amides is 2. The number of hydrogen-bond donors (Lipinski definition) is 1. The molecule has 1 saturated heterocycles. The van der Waals surface area contributed by atoms with E-state index < -0.39 is 0 Å². The normalized spacial score (nSPS) is 16.2. The van der Waals surface area contributed by atoms with Gasteiger partial charge in [-0.05, 0) is 25.2 Å². The van der Waals surface area contributed by atoms with Crippen LogP contribution in [-0.2, 0) is 14.3 Å². The Balaban J connectivity index is 2.25. The standard InChI is InChI=1S/C15H28N2O3/c1-12(2)4-8-17(13(3)18)9-7-16-15(19)14-5-10-20-11-6-14/h12,14H,4-11H2,1-3H3,(H,16,19). The maximum Gasteiger partial charge on any atom is 0.223 e. The highest BCUT2D eigenvalue weighted by Gasteiger charge is 2.21. The molecule has 5 nitrogen and oxygen atoms in total. The Labute approximate surface area is 122 Å². The van der Waals surface area contributed by atoms with Crippen molar-refractivity contribution >= 4 is 11.8 Å². The van der Waals surface area contributed by atoms with Gasteiger partial charge in [0, 0.05) is 45.7 Å². The van der Waals surface area contributed by atoms with Crippen molar-refractivity contribution in [3.8, 4) is 0 Å². The molecule has 0 aromatic carbocycles. The van der Waals surface area contributed by atoms with E-state index in [4.69, 9.17) is 4.74 Å². The van der Waals surface area contributed by atoms with Gasteiger partial charge in [0.15, 0.2) is 0 Å². The van der Waals surface area contributed by atoms with E-state index >= 15 is 0 Å². The number of carbonyl (C=O) groups excluding carboxylic acids is 2. The molecule has 1 aliphatic heterocycles. The molecule has 0 spiro atoms. The lowest BCUT2D eigenvalue weighted by Crippen LogP contribution is -2.41. The summed E-state index contributed by atoms with van der Waals surface area (Å²) in [7, 11) is 0. The average molecular weight is 284 g/mol. The predicted molar refractivity (Wildman–Crippen MR) is 78.3 cm³/mol. The molecule has 1 aliphatic rings. The van der Waals surface area contributed by atoms with Crippen LogP contribution in [0.2, 0.25) is 0 Å². The summed E-state index contributed by atoms with van der Waals surface area (Å²) >= 11 is 0. The molecule has 20 heavy (non-hydrogen) atoms. The SMILES string of the molecule is CC(=O)N(CCNC(=O)C1CCOCC1)CCC(C)C. The summed E-state index contributed by atoms with van der Waals surface area (Å²) in [4.78, 5) is 25.3. The van der Waals surface area contributed by atoms with Crippen molar-refractivity contribution < 1.29 is 14.3 Å². The van der Waals surface area contributed by atoms with Gasteiger partial charge in [0.25, 0.3) is 0 Å². The summed E-state index contributed by atoms with van der Waals surface area (Å²) < 4.78 is 5.25. The van der Waals surface area contributed by atoms with Gasteiger partial charge in [0.2, 0.25) is 11.8 Å². The molecule has 5 heteroatoms. The van der Waals surface area contributed by atoms with Gasteiger partial charge in [-0.15, -0.1) is 0 Å². The quantitative estimate of drug-likeness (QED) is 0.769. The first-order chi connectivity index (χ1) is 9.50. The zero-order chi connectivity index (χ0) is 15.0. The maximum atomic E-state index is 11.9. The van der Waals surface area contributed by atoms with Gasteiger partial charge in [-0.1, -0.05) is 13.8 Å². The molecule has 1 rings (SSSR count). The van der Waals surface area contributed by atoms with Crippen molar-refractivity contribution in [2.45, 2.75) is 40.0 Å². The lowest BCUT2D eigenvalue weighted by atomic mass is 9.99. The summed E-state index contributed by atoms with van der Waals surface area (Å²) in [5.74, 6) is 0.825. The number of rotatable bonds is 7. The molecule has 0 bridgehead atoms. The minimum Gasteiger partial charge on any atom is -0.381 e. The molecular weight excluding hydrogens is 256 g/mol. The fourth-order valence-corrected chi connectivity index (χ4v) is 2.26. The van der Waals surface area contributed by atoms with E-state index in [2.05, 4.69) is 19.2 Å². The van der Waals surface area contributed by atoms with Crippen LogP contribution in [0.15, 0.2) is 0 Å². The van der Waals surface area contributed by atoms with Crippen LogP contribution in [0.3, 0.4) is 0 Å². The minimum atomic E-state index is 0.0743. The Hall–Kier alpha value is -1.10. The molecule has 0 aromatic heterocycles. The monoisotopic (exact) mass is 284 g/mol. The van der Waals surface area contributed by atoms with Crippen LogP contribution in [0.5, 0.6) is 0 Å². The van der Waals surface area contributed by atoms with E-state index in [1.165, 1.54) is 0 Å². The molecule has 0 unspecified atom stereocenters. The number of carbonyl (C=O) groups is 2. The Morgan fingerprint density at radius 3 is 2.45 bits per heavy atom. The zero-order valence-corrected chi connectivity index (χ0v) is 13.0. The Bertz CT molecular complexity index is 312. The average Bonchev–Trinajstić information content (AvgIpc) is 2.42. The summed E-state index contributed by atoms with van der Waals surface area (Å²) in [6, 6.07) is 0. The van der Waals surface area contributed by atoms with Crippen molar-refractivity contribution in [3.05, 3.63) is 0 Å². The Kier molecular flexibility index (Phi) is 7.59. The Morgan fingerprint density at radius 2 is 1.90 bits per heavy atom. The molecule has 116 valence electrons. The van der Waals surface area contributed by atoms with Crippen LogP contribution < -0.4 is 5.32 Å². The third-order valence-corrected chi connectivity index (χ3v) is 3.69. The number of nitrogens with zero attached hydrogens (tertiary/aromatic N) is 1. The van der Waals surface area contributed by atoms with Crippen LogP contribution >= 0.6 is 0 Å². The lowest BCUT2D eigenvalue weighted by Gasteiger charge is -2.24. The minimum absolute atomic E-state index is 0.0743. The predicted octanol–water partition coefficient (Wildman–Crippen LogP) is 1.42. The highest BCUT2D eigenvalue weighted by Crippen LogP contribution is 2.14. The molecule has 1 heterocycles. The molecule has 0 atom stereocenters. The second-order valence-corrected chi connectivity index (χ2v) is 5.87. The van der Waals surface area contributed by atoms with E-state index in [0.29, 0.717) is 32.2 Å². The first-order valence-electron chi connectivity index (χ1n) is 7.61. The highest BCUT2D eigenvalue weighted by molar-refractivity contribution is 5.78. The third-order valence-electron chi connectivity index (χ3n) is 3.69. The van der Waals surface area contributed by atoms with Crippen LogP contribution in [0.4, 0.5) is 0 Å². The summed E-state index contributed by atoms with van der Waals surface area (Å²) in [5.41, 5.74) is 0. The number of ether oxygens (including phenoxy) is 1. The molecule has 1 N–H and O–H groups in total. The fraction of sp³-hybridized carbons (Fsp3) is 0.867. The summed E-state index contributed by atoms with van der Waals surface area (Å²) in [6.07, 6.45) is 2.60. The van der Waals surface area contributed by atoms with Crippen molar-refractivity contribution in [1.82, 2.24) is 10.2 Å². The molecule has 0 radical (unpaired) electrons. The van der Waals surface area contributed by atoms with Gasteiger partial charge in [-0.3, -0.25) is 9.59 Å². The van der Waals surface area contributed by atoms with Gasteiger partial charge in [-0.2, -0.15) is 0 Å². The van der Waals surface area contributed by atoms with Gasteiger partial charge >= 0.3 is 0 Å². The molecule has 0 aromatic rings. The van der Waals surface area contributed by atoms with Gasteiger partial charge in [-0.25, -0.2) is 0 Å². The Morgan fingerprint density at radius 1 is 1.25 bits per heavy atom. The van der Waals surface area contributed by atoms with E-state index in [0.717, 1.165) is 25.8 Å². The topological polar surface area (TPSA) is 58.6 Å². The van der Waals surface area contributed by atoms with E-state index in [9.17, 15) is 9.59 Å². The zero-order valence-electron chi connectivity index (χ0n) is 13.0. The van der Waals surface area contributed by atoms with Crippen LogP contribution in [0.1, 0.15) is 40.0 Å². The van der Waals surface area contributed by atoms with Crippen molar-refractivity contribution in [1.29, 1.82) is 0 Å². The maximum absolute atomic E-state index is 11.9. The molecule has 0 saturated carbocycles. The van der Waals surface area contributed by atoms with Crippen molar-refractivity contribution in [3.63, 3.8) is 0 Å². The third kappa shape index (κ3) is 6.37. The fourth-order valence-electron chi connectivity index (χ4n) is 2.26. The van der Waals surface area contributed by atoms with Gasteiger partial charge in [0.05, 0.1) is 0 Å². The van der Waals surface area contributed by atoms with E-state index in [1.54, 1.807) is 6.92 Å². The van der Waals surface area contributed by atoms with Crippen LogP contribution in [0, 0.1) is 11.8 Å². The van der Waals surface area contributed by atoms with E-state index in [1.807, 2.05) is 4.90 Å². The smallest absolute Gasteiger partial charge is 0.223 e. The lowest BCUT2D eigenvalue weighted by molar-refractivity contribution is -0.131. The first-order valence-corrected chi connectivity index (χ1v) is 7.61. The number of hydrogen-bond acceptors (Lipinski definition) is 3. The summed E-state index contributed by atoms with van der Waals surface area (Å²) in [5, 5.41) is 2.94. The largest absolute Gasteiger partial charge is 0.381 e. The molecule has 2 amide bonds. The van der Waals surface area contributed by atoms with Gasteiger partial charge < -0.3 is 15.0 Å².